The number of nitrogens with zero attached hydrogens (tertiary/aromatic N) is 1. The second kappa shape index (κ2) is 6.57. The Bertz CT molecular complexity index is 944. The van der Waals surface area contributed by atoms with Gasteiger partial charge in [0.25, 0.3) is 15.9 Å². The highest BCUT2D eigenvalue weighted by molar-refractivity contribution is 7.92. The predicted octanol–water partition coefficient (Wildman–Crippen LogP) is 2.91. The minimum atomic E-state index is -3.83. The molecule has 25 heavy (non-hydrogen) atoms. The van der Waals surface area contributed by atoms with Crippen LogP contribution in [0.25, 0.3) is 0 Å². The van der Waals surface area contributed by atoms with Crippen molar-refractivity contribution in [2.75, 3.05) is 24.9 Å². The first-order valence-corrected chi connectivity index (χ1v) is 9.46. The molecule has 0 bridgehead atoms. The first kappa shape index (κ1) is 17.6. The number of carbonyl (C=O) groups is 1. The van der Waals surface area contributed by atoms with Crippen molar-refractivity contribution in [1.82, 2.24) is 4.90 Å². The summed E-state index contributed by atoms with van der Waals surface area (Å²) in [6.07, 6.45) is 0. The summed E-state index contributed by atoms with van der Waals surface area (Å²) >= 11 is 6.01. The van der Waals surface area contributed by atoms with Crippen molar-refractivity contribution in [3.8, 4) is 5.75 Å². The molecule has 0 aromatic heterocycles. The molecule has 0 atom stereocenters. The summed E-state index contributed by atoms with van der Waals surface area (Å²) in [6, 6.07) is 9.33. The van der Waals surface area contributed by atoms with Gasteiger partial charge < -0.3 is 9.64 Å². The van der Waals surface area contributed by atoms with Crippen LogP contribution in [0, 0.1) is 6.92 Å². The lowest BCUT2D eigenvalue weighted by Crippen LogP contribution is -2.27. The van der Waals surface area contributed by atoms with E-state index in [-0.39, 0.29) is 16.5 Å². The topological polar surface area (TPSA) is 75.7 Å². The van der Waals surface area contributed by atoms with Crippen molar-refractivity contribution in [3.05, 3.63) is 52.5 Å². The van der Waals surface area contributed by atoms with Crippen LogP contribution in [0.15, 0.2) is 41.3 Å². The van der Waals surface area contributed by atoms with Gasteiger partial charge in [-0.3, -0.25) is 9.52 Å². The Hall–Kier alpha value is -2.25. The number of fused-ring (bicyclic) bond motifs is 1. The van der Waals surface area contributed by atoms with Crippen molar-refractivity contribution in [1.29, 1.82) is 0 Å². The number of amides is 1. The van der Waals surface area contributed by atoms with Crippen LogP contribution in [0.5, 0.6) is 5.75 Å². The van der Waals surface area contributed by atoms with Crippen LogP contribution < -0.4 is 9.46 Å². The van der Waals surface area contributed by atoms with Gasteiger partial charge in [-0.1, -0.05) is 17.7 Å². The van der Waals surface area contributed by atoms with Gasteiger partial charge in [-0.2, -0.15) is 0 Å². The molecular formula is C17H17ClN2O4S. The van der Waals surface area contributed by atoms with Gasteiger partial charge in [0.05, 0.1) is 17.0 Å². The highest BCUT2D eigenvalue weighted by Crippen LogP contribution is 2.29. The lowest BCUT2D eigenvalue weighted by Gasteiger charge is -2.14. The largest absolute Gasteiger partial charge is 0.491 e. The Labute approximate surface area is 151 Å². The first-order valence-electron chi connectivity index (χ1n) is 7.60. The van der Waals surface area contributed by atoms with Gasteiger partial charge >= 0.3 is 0 Å². The Morgan fingerprint density at radius 1 is 1.24 bits per heavy atom. The molecule has 6 nitrogen and oxygen atoms in total. The highest BCUT2D eigenvalue weighted by Gasteiger charge is 2.23. The molecule has 2 aromatic rings. The van der Waals surface area contributed by atoms with E-state index in [1.165, 1.54) is 17.0 Å². The lowest BCUT2D eigenvalue weighted by atomic mass is 10.1. The molecule has 0 fully saturated rings. The summed E-state index contributed by atoms with van der Waals surface area (Å²) in [5.41, 5.74) is 1.07. The van der Waals surface area contributed by atoms with Crippen molar-refractivity contribution >= 4 is 33.2 Å². The van der Waals surface area contributed by atoms with Gasteiger partial charge in [-0.25, -0.2) is 8.42 Å². The van der Waals surface area contributed by atoms with Crippen LogP contribution in [-0.4, -0.2) is 39.4 Å². The fraction of sp³-hybridized carbons (Fsp3) is 0.235. The molecule has 2 aromatic carbocycles. The average molecular weight is 381 g/mol. The third-order valence-electron chi connectivity index (χ3n) is 4.00. The molecule has 0 unspecified atom stereocenters. The highest BCUT2D eigenvalue weighted by atomic mass is 35.5. The Morgan fingerprint density at radius 3 is 2.76 bits per heavy atom. The molecule has 0 radical (unpaired) electrons. The average Bonchev–Trinajstić information content (AvgIpc) is 2.69. The second-order valence-corrected chi connectivity index (χ2v) is 7.81. The Morgan fingerprint density at radius 2 is 2.00 bits per heavy atom. The number of carbonyl (C=O) groups excluding carboxylic acids is 1. The minimum absolute atomic E-state index is 0.0923. The summed E-state index contributed by atoms with van der Waals surface area (Å²) in [7, 11) is -2.16. The third-order valence-corrected chi connectivity index (χ3v) is 5.94. The summed E-state index contributed by atoms with van der Waals surface area (Å²) in [4.78, 5) is 14.0. The number of benzene rings is 2. The van der Waals surface area contributed by atoms with Crippen LogP contribution in [0.4, 0.5) is 5.69 Å². The van der Waals surface area contributed by atoms with Crippen LogP contribution in [-0.2, 0) is 10.0 Å². The van der Waals surface area contributed by atoms with E-state index in [1.807, 2.05) is 0 Å². The van der Waals surface area contributed by atoms with Crippen molar-refractivity contribution in [2.45, 2.75) is 11.8 Å². The van der Waals surface area contributed by atoms with Gasteiger partial charge in [0.1, 0.15) is 12.4 Å². The van der Waals surface area contributed by atoms with E-state index < -0.39 is 10.0 Å². The SMILES string of the molecule is Cc1c(Cl)cccc1S(=O)(=O)Nc1ccc2c(c1)C(=O)N(C)CCO2. The van der Waals surface area contributed by atoms with Gasteiger partial charge in [0.2, 0.25) is 0 Å². The molecule has 132 valence electrons. The molecule has 8 heteroatoms. The number of likely N-dealkylation sites (N-methyl/N-ethyl adjacent to an activating group) is 1. The second-order valence-electron chi connectivity index (χ2n) is 5.75. The number of hydrogen-bond donors (Lipinski definition) is 1. The fourth-order valence-electron chi connectivity index (χ4n) is 2.58. The van der Waals surface area contributed by atoms with E-state index in [4.69, 9.17) is 16.3 Å². The lowest BCUT2D eigenvalue weighted by molar-refractivity contribution is 0.0796. The standard InChI is InChI=1S/C17H17ClN2O4S/c1-11-14(18)4-3-5-16(11)25(22,23)19-12-6-7-15-13(10-12)17(21)20(2)8-9-24-15/h3-7,10,19H,8-9H2,1-2H3. The van der Waals surface area contributed by atoms with Crippen LogP contribution in [0.1, 0.15) is 15.9 Å². The zero-order valence-electron chi connectivity index (χ0n) is 13.7. The number of sulfonamides is 1. The number of anilines is 1. The van der Waals surface area contributed by atoms with Crippen LogP contribution >= 0.6 is 11.6 Å². The number of hydrogen-bond acceptors (Lipinski definition) is 4. The van der Waals surface area contributed by atoms with E-state index in [0.29, 0.717) is 35.1 Å². The molecule has 0 saturated carbocycles. The molecule has 1 aliphatic heterocycles. The molecule has 1 N–H and O–H groups in total. The zero-order chi connectivity index (χ0) is 18.2. The smallest absolute Gasteiger partial charge is 0.262 e. The van der Waals surface area contributed by atoms with Gasteiger partial charge in [-0.15, -0.1) is 0 Å². The molecule has 1 amide bonds. The summed E-state index contributed by atoms with van der Waals surface area (Å²) in [5, 5.41) is 0.370. The minimum Gasteiger partial charge on any atom is -0.491 e. The van der Waals surface area contributed by atoms with Crippen molar-refractivity contribution in [2.24, 2.45) is 0 Å². The quantitative estimate of drug-likeness (QED) is 0.888. The zero-order valence-corrected chi connectivity index (χ0v) is 15.3. The maximum absolute atomic E-state index is 12.7. The van der Waals surface area contributed by atoms with E-state index in [2.05, 4.69) is 4.72 Å². The molecule has 3 rings (SSSR count). The van der Waals surface area contributed by atoms with Gasteiger partial charge in [-0.05, 0) is 42.8 Å². The Balaban J connectivity index is 1.97. The summed E-state index contributed by atoms with van der Waals surface area (Å²) in [6.45, 7) is 2.50. The van der Waals surface area contributed by atoms with E-state index in [0.717, 1.165) is 0 Å². The summed E-state index contributed by atoms with van der Waals surface area (Å²) in [5.74, 6) is 0.226. The summed E-state index contributed by atoms with van der Waals surface area (Å²) < 4.78 is 33.4. The predicted molar refractivity (Wildman–Crippen MR) is 95.9 cm³/mol. The van der Waals surface area contributed by atoms with Crippen LogP contribution in [0.2, 0.25) is 5.02 Å². The maximum Gasteiger partial charge on any atom is 0.262 e. The number of ether oxygens (including phenoxy) is 1. The van der Waals surface area contributed by atoms with E-state index in [1.54, 1.807) is 38.2 Å². The monoisotopic (exact) mass is 380 g/mol. The third kappa shape index (κ3) is 3.43. The molecule has 1 heterocycles. The molecular weight excluding hydrogens is 364 g/mol. The molecule has 0 saturated heterocycles. The molecule has 0 spiro atoms. The Kier molecular flexibility index (Phi) is 4.62. The molecule has 1 aliphatic rings. The van der Waals surface area contributed by atoms with Gasteiger partial charge in [0.15, 0.2) is 0 Å². The first-order chi connectivity index (χ1) is 11.8. The molecule has 0 aliphatic carbocycles. The van der Waals surface area contributed by atoms with Gasteiger partial charge in [0, 0.05) is 17.8 Å². The number of rotatable bonds is 3. The fourth-order valence-corrected chi connectivity index (χ4v) is 4.12. The van der Waals surface area contributed by atoms with E-state index >= 15 is 0 Å². The van der Waals surface area contributed by atoms with Crippen LogP contribution in [0.3, 0.4) is 0 Å². The number of nitrogens with one attached hydrogen (secondary N) is 1. The van der Waals surface area contributed by atoms with E-state index in [9.17, 15) is 13.2 Å². The number of halogens is 1. The van der Waals surface area contributed by atoms with Crippen molar-refractivity contribution < 1.29 is 17.9 Å². The van der Waals surface area contributed by atoms with Crippen molar-refractivity contribution in [3.63, 3.8) is 0 Å². The maximum atomic E-state index is 12.7. The normalized spacial score (nSPS) is 14.5.